The van der Waals surface area contributed by atoms with E-state index < -0.39 is 5.82 Å². The second kappa shape index (κ2) is 6.32. The number of carbonyl (C=O) groups is 1. The molecule has 0 bridgehead atoms. The number of aldehydes is 1. The summed E-state index contributed by atoms with van der Waals surface area (Å²) in [5.41, 5.74) is 2.15. The number of rotatable bonds is 6. The summed E-state index contributed by atoms with van der Waals surface area (Å²) < 4.78 is 20.5. The number of ether oxygens (including phenoxy) is 1. The lowest BCUT2D eigenvalue weighted by Crippen LogP contribution is -2.07. The molecule has 20 heavy (non-hydrogen) atoms. The molecule has 0 saturated carbocycles. The molecule has 106 valence electrons. The van der Waals surface area contributed by atoms with Gasteiger partial charge in [-0.15, -0.1) is 0 Å². The molecule has 0 aliphatic rings. The maximum Gasteiger partial charge on any atom is 0.153 e. The van der Waals surface area contributed by atoms with Crippen molar-refractivity contribution in [2.24, 2.45) is 0 Å². The van der Waals surface area contributed by atoms with Gasteiger partial charge in [-0.3, -0.25) is 9.48 Å². The van der Waals surface area contributed by atoms with Gasteiger partial charge in [0.25, 0.3) is 0 Å². The molecule has 0 saturated heterocycles. The normalized spacial score (nSPS) is 10.6. The third kappa shape index (κ3) is 3.04. The number of hydrogen-bond donors (Lipinski definition) is 0. The van der Waals surface area contributed by atoms with Crippen LogP contribution in [0.3, 0.4) is 0 Å². The van der Waals surface area contributed by atoms with E-state index in [1.54, 1.807) is 0 Å². The van der Waals surface area contributed by atoms with Crippen molar-refractivity contribution >= 4 is 6.29 Å². The zero-order valence-corrected chi connectivity index (χ0v) is 11.6. The molecule has 2 rings (SSSR count). The van der Waals surface area contributed by atoms with Gasteiger partial charge in [0.15, 0.2) is 6.29 Å². The van der Waals surface area contributed by atoms with Crippen LogP contribution in [0.1, 0.15) is 35.6 Å². The van der Waals surface area contributed by atoms with E-state index in [0.717, 1.165) is 30.4 Å². The Morgan fingerprint density at radius 1 is 1.35 bits per heavy atom. The topological polar surface area (TPSA) is 44.1 Å². The van der Waals surface area contributed by atoms with Gasteiger partial charge in [-0.25, -0.2) is 4.39 Å². The summed E-state index contributed by atoms with van der Waals surface area (Å²) in [5.74, 6) is -0.0744. The monoisotopic (exact) mass is 276 g/mol. The predicted octanol–water partition coefficient (Wildman–Crippen LogP) is 3.00. The minimum atomic E-state index is -0.452. The molecule has 1 aromatic heterocycles. The van der Waals surface area contributed by atoms with Crippen molar-refractivity contribution in [3.8, 4) is 5.75 Å². The van der Waals surface area contributed by atoms with Crippen molar-refractivity contribution in [1.82, 2.24) is 9.78 Å². The Morgan fingerprint density at radius 3 is 2.80 bits per heavy atom. The van der Waals surface area contributed by atoms with Crippen LogP contribution in [0.4, 0.5) is 4.39 Å². The summed E-state index contributed by atoms with van der Waals surface area (Å²) in [4.78, 5) is 10.9. The Hall–Kier alpha value is -2.17. The summed E-state index contributed by atoms with van der Waals surface area (Å²) in [6.45, 7) is 5.10. The van der Waals surface area contributed by atoms with Crippen LogP contribution >= 0.6 is 0 Å². The fourth-order valence-electron chi connectivity index (χ4n) is 1.97. The fraction of sp³-hybridized carbons (Fsp3) is 0.333. The Bertz CT molecular complexity index is 608. The van der Waals surface area contributed by atoms with Gasteiger partial charge in [-0.2, -0.15) is 5.10 Å². The predicted molar refractivity (Wildman–Crippen MR) is 73.4 cm³/mol. The lowest BCUT2D eigenvalue weighted by molar-refractivity contribution is 0.111. The molecule has 4 nitrogen and oxygen atoms in total. The number of aryl methyl sites for hydroxylation is 2. The van der Waals surface area contributed by atoms with E-state index in [9.17, 15) is 9.18 Å². The second-order valence-corrected chi connectivity index (χ2v) is 4.39. The second-order valence-electron chi connectivity index (χ2n) is 4.39. The summed E-state index contributed by atoms with van der Waals surface area (Å²) in [5, 5.41) is 4.42. The Morgan fingerprint density at radius 2 is 2.15 bits per heavy atom. The van der Waals surface area contributed by atoms with Crippen LogP contribution < -0.4 is 4.74 Å². The Labute approximate surface area is 117 Å². The highest BCUT2D eigenvalue weighted by Crippen LogP contribution is 2.19. The van der Waals surface area contributed by atoms with Gasteiger partial charge in [0.2, 0.25) is 0 Å². The number of carbonyl (C=O) groups excluding carboxylic acids is 1. The number of benzene rings is 1. The van der Waals surface area contributed by atoms with E-state index in [0.29, 0.717) is 18.6 Å². The van der Waals surface area contributed by atoms with E-state index >= 15 is 0 Å². The van der Waals surface area contributed by atoms with Crippen LogP contribution in [0.15, 0.2) is 24.3 Å². The number of hydrogen-bond acceptors (Lipinski definition) is 3. The molecule has 0 N–H and O–H groups in total. The van der Waals surface area contributed by atoms with E-state index in [2.05, 4.69) is 5.10 Å². The first-order valence-electron chi connectivity index (χ1n) is 6.61. The average molecular weight is 276 g/mol. The number of nitrogens with zero attached hydrogens (tertiary/aromatic N) is 2. The van der Waals surface area contributed by atoms with E-state index in [1.807, 2.05) is 24.6 Å². The molecular weight excluding hydrogens is 259 g/mol. The molecule has 0 atom stereocenters. The van der Waals surface area contributed by atoms with Gasteiger partial charge in [-0.05, 0) is 37.6 Å². The first kappa shape index (κ1) is 14.2. The first-order valence-corrected chi connectivity index (χ1v) is 6.61. The van der Waals surface area contributed by atoms with Gasteiger partial charge in [0.1, 0.15) is 18.2 Å². The van der Waals surface area contributed by atoms with Gasteiger partial charge in [-0.1, -0.05) is 6.92 Å². The van der Waals surface area contributed by atoms with Crippen molar-refractivity contribution in [2.45, 2.75) is 33.4 Å². The van der Waals surface area contributed by atoms with Gasteiger partial charge < -0.3 is 4.74 Å². The average Bonchev–Trinajstić information content (AvgIpc) is 2.88. The highest BCUT2D eigenvalue weighted by atomic mass is 19.1. The molecule has 1 heterocycles. The quantitative estimate of drug-likeness (QED) is 0.762. The molecule has 5 heteroatoms. The summed E-state index contributed by atoms with van der Waals surface area (Å²) in [7, 11) is 0. The smallest absolute Gasteiger partial charge is 0.153 e. The lowest BCUT2D eigenvalue weighted by Gasteiger charge is -2.09. The molecule has 2 aromatic rings. The first-order chi connectivity index (χ1) is 9.67. The standard InChI is InChI=1S/C15H17FN2O2/c1-3-13-8-14(18(4-2)17-13)10-20-15-6-5-12(16)7-11(15)9-19/h5-9H,3-4,10H2,1-2H3. The van der Waals surface area contributed by atoms with E-state index in [1.165, 1.54) is 12.1 Å². The highest BCUT2D eigenvalue weighted by Gasteiger charge is 2.09. The molecule has 0 unspecified atom stereocenters. The molecule has 0 amide bonds. The molecule has 0 fully saturated rings. The number of aromatic nitrogens is 2. The van der Waals surface area contributed by atoms with Gasteiger partial charge >= 0.3 is 0 Å². The summed E-state index contributed by atoms with van der Waals surface area (Å²) in [6.07, 6.45) is 1.45. The molecule has 0 aliphatic carbocycles. The van der Waals surface area contributed by atoms with Crippen LogP contribution in [0.5, 0.6) is 5.75 Å². The van der Waals surface area contributed by atoms with Gasteiger partial charge in [0.05, 0.1) is 17.0 Å². The Balaban J connectivity index is 2.16. The SMILES string of the molecule is CCc1cc(COc2ccc(F)cc2C=O)n(CC)n1. The minimum Gasteiger partial charge on any atom is -0.487 e. The molecule has 1 aromatic carbocycles. The van der Waals surface area contributed by atoms with Crippen molar-refractivity contribution in [3.05, 3.63) is 47.0 Å². The number of halogens is 1. The molecule has 0 spiro atoms. The summed E-state index contributed by atoms with van der Waals surface area (Å²) in [6, 6.07) is 5.88. The van der Waals surface area contributed by atoms with Crippen molar-refractivity contribution in [1.29, 1.82) is 0 Å². The zero-order chi connectivity index (χ0) is 14.5. The van der Waals surface area contributed by atoms with Crippen LogP contribution in [-0.4, -0.2) is 16.1 Å². The minimum absolute atomic E-state index is 0.211. The maximum absolute atomic E-state index is 13.0. The van der Waals surface area contributed by atoms with E-state index in [-0.39, 0.29) is 5.56 Å². The van der Waals surface area contributed by atoms with Crippen molar-refractivity contribution in [3.63, 3.8) is 0 Å². The van der Waals surface area contributed by atoms with Gasteiger partial charge in [0, 0.05) is 6.54 Å². The van der Waals surface area contributed by atoms with Crippen molar-refractivity contribution in [2.75, 3.05) is 0 Å². The third-order valence-corrected chi connectivity index (χ3v) is 3.05. The third-order valence-electron chi connectivity index (χ3n) is 3.05. The van der Waals surface area contributed by atoms with Crippen LogP contribution in [0.25, 0.3) is 0 Å². The van der Waals surface area contributed by atoms with Crippen LogP contribution in [0, 0.1) is 5.82 Å². The van der Waals surface area contributed by atoms with Crippen molar-refractivity contribution < 1.29 is 13.9 Å². The Kier molecular flexibility index (Phi) is 4.50. The summed E-state index contributed by atoms with van der Waals surface area (Å²) >= 11 is 0. The van der Waals surface area contributed by atoms with E-state index in [4.69, 9.17) is 4.74 Å². The molecule has 0 aliphatic heterocycles. The molecule has 0 radical (unpaired) electrons. The lowest BCUT2D eigenvalue weighted by atomic mass is 10.2. The zero-order valence-electron chi connectivity index (χ0n) is 11.6. The highest BCUT2D eigenvalue weighted by molar-refractivity contribution is 5.79. The maximum atomic E-state index is 13.0. The molecular formula is C15H17FN2O2. The fourth-order valence-corrected chi connectivity index (χ4v) is 1.97. The largest absolute Gasteiger partial charge is 0.487 e. The van der Waals surface area contributed by atoms with Crippen LogP contribution in [0.2, 0.25) is 0 Å². The van der Waals surface area contributed by atoms with Crippen LogP contribution in [-0.2, 0) is 19.6 Å².